The molecule has 0 aromatic heterocycles. The fourth-order valence-corrected chi connectivity index (χ4v) is 1.70. The number of fused-ring (bicyclic) bond motifs is 1. The Kier molecular flexibility index (Phi) is 3.74. The standard InChI is InChI=1S/C11H14BClNO2/c1-7(14)4-5-15-11-12-9-6-8(13)2-3-10(9)16-11/h2-3,6-7,11H,4-5,14H2,1H3. The SMILES string of the molecule is CC(N)CCOC1[B]c2cc(Cl)ccc2O1. The Morgan fingerprint density at radius 2 is 2.44 bits per heavy atom. The van der Waals surface area contributed by atoms with Gasteiger partial charge in [0.15, 0.2) is 6.19 Å². The van der Waals surface area contributed by atoms with E-state index >= 15 is 0 Å². The number of rotatable bonds is 4. The molecule has 1 aliphatic heterocycles. The molecule has 16 heavy (non-hydrogen) atoms. The molecule has 2 rings (SSSR count). The van der Waals surface area contributed by atoms with E-state index in [0.717, 1.165) is 17.6 Å². The summed E-state index contributed by atoms with van der Waals surface area (Å²) in [5.74, 6) is 0.815. The van der Waals surface area contributed by atoms with Crippen LogP contribution in [0.25, 0.3) is 0 Å². The second kappa shape index (κ2) is 5.08. The highest BCUT2D eigenvalue weighted by Crippen LogP contribution is 2.19. The summed E-state index contributed by atoms with van der Waals surface area (Å²) in [5, 5.41) is 0.704. The minimum Gasteiger partial charge on any atom is -0.474 e. The highest BCUT2D eigenvalue weighted by Gasteiger charge is 2.25. The molecule has 0 aliphatic carbocycles. The summed E-state index contributed by atoms with van der Waals surface area (Å²) < 4.78 is 11.1. The van der Waals surface area contributed by atoms with E-state index in [-0.39, 0.29) is 12.2 Å². The quantitative estimate of drug-likeness (QED) is 0.799. The number of hydrogen-bond donors (Lipinski definition) is 1. The van der Waals surface area contributed by atoms with Gasteiger partial charge >= 0.3 is 0 Å². The molecular formula is C11H14BClNO2. The van der Waals surface area contributed by atoms with E-state index in [9.17, 15) is 0 Å². The van der Waals surface area contributed by atoms with Crippen molar-refractivity contribution in [2.24, 2.45) is 5.73 Å². The summed E-state index contributed by atoms with van der Waals surface area (Å²) in [4.78, 5) is 0. The predicted octanol–water partition coefficient (Wildman–Crippen LogP) is 1.10. The first-order chi connectivity index (χ1) is 7.65. The van der Waals surface area contributed by atoms with Gasteiger partial charge in [-0.3, -0.25) is 0 Å². The van der Waals surface area contributed by atoms with Crippen LogP contribution in [0.3, 0.4) is 0 Å². The first-order valence-electron chi connectivity index (χ1n) is 5.33. The Hall–Kier alpha value is -0.705. The van der Waals surface area contributed by atoms with Crippen molar-refractivity contribution < 1.29 is 9.47 Å². The maximum atomic E-state index is 5.88. The molecule has 0 amide bonds. The van der Waals surface area contributed by atoms with Gasteiger partial charge in [0.25, 0.3) is 0 Å². The molecule has 0 fully saturated rings. The molecule has 1 aromatic carbocycles. The molecule has 1 aromatic rings. The third kappa shape index (κ3) is 2.91. The van der Waals surface area contributed by atoms with E-state index in [1.54, 1.807) is 6.07 Å². The highest BCUT2D eigenvalue weighted by atomic mass is 35.5. The normalized spacial score (nSPS) is 19.8. The summed E-state index contributed by atoms with van der Waals surface area (Å²) in [6.07, 6.45) is 0.511. The smallest absolute Gasteiger partial charge is 0.248 e. The van der Waals surface area contributed by atoms with Gasteiger partial charge in [-0.2, -0.15) is 0 Å². The van der Waals surface area contributed by atoms with Gasteiger partial charge in [-0.25, -0.2) is 0 Å². The van der Waals surface area contributed by atoms with E-state index in [1.807, 2.05) is 26.3 Å². The van der Waals surface area contributed by atoms with Gasteiger partial charge in [0.2, 0.25) is 7.28 Å². The third-order valence-electron chi connectivity index (χ3n) is 2.39. The average molecular weight is 239 g/mol. The van der Waals surface area contributed by atoms with Crippen molar-refractivity contribution in [2.75, 3.05) is 6.61 Å². The second-order valence-corrected chi connectivity index (χ2v) is 4.41. The van der Waals surface area contributed by atoms with Crippen LogP contribution in [0.4, 0.5) is 0 Å². The van der Waals surface area contributed by atoms with Crippen molar-refractivity contribution in [3.05, 3.63) is 23.2 Å². The number of ether oxygens (including phenoxy) is 2. The van der Waals surface area contributed by atoms with Crippen LogP contribution >= 0.6 is 11.6 Å². The summed E-state index contributed by atoms with van der Waals surface area (Å²) in [6.45, 7) is 2.55. The predicted molar refractivity (Wildman–Crippen MR) is 65.5 cm³/mol. The Bertz CT molecular complexity index is 373. The molecule has 0 spiro atoms. The van der Waals surface area contributed by atoms with Crippen molar-refractivity contribution in [1.82, 2.24) is 0 Å². The average Bonchev–Trinajstić information content (AvgIpc) is 2.58. The molecule has 5 heteroatoms. The van der Waals surface area contributed by atoms with Crippen molar-refractivity contribution >= 4 is 24.3 Å². The summed E-state index contributed by atoms with van der Waals surface area (Å²) in [6, 6.07) is 5.67. The lowest BCUT2D eigenvalue weighted by molar-refractivity contribution is -0.0197. The van der Waals surface area contributed by atoms with Gasteiger partial charge in [0.1, 0.15) is 5.75 Å². The maximum Gasteiger partial charge on any atom is 0.248 e. The zero-order valence-electron chi connectivity index (χ0n) is 9.15. The molecule has 0 bridgehead atoms. The Morgan fingerprint density at radius 1 is 1.62 bits per heavy atom. The molecule has 2 N–H and O–H groups in total. The third-order valence-corrected chi connectivity index (χ3v) is 2.62. The van der Waals surface area contributed by atoms with Gasteiger partial charge < -0.3 is 15.2 Å². The lowest BCUT2D eigenvalue weighted by Gasteiger charge is -2.13. The zero-order chi connectivity index (χ0) is 11.5. The summed E-state index contributed by atoms with van der Waals surface area (Å²) >= 11 is 5.88. The molecule has 1 heterocycles. The first-order valence-corrected chi connectivity index (χ1v) is 5.71. The Morgan fingerprint density at radius 3 is 3.19 bits per heavy atom. The van der Waals surface area contributed by atoms with E-state index < -0.39 is 0 Å². The number of benzene rings is 1. The molecule has 1 radical (unpaired) electrons. The van der Waals surface area contributed by atoms with E-state index in [0.29, 0.717) is 11.6 Å². The summed E-state index contributed by atoms with van der Waals surface area (Å²) in [7, 11) is 1.92. The van der Waals surface area contributed by atoms with Crippen molar-refractivity contribution in [2.45, 2.75) is 25.6 Å². The molecule has 1 aliphatic rings. The molecule has 2 unspecified atom stereocenters. The summed E-state index contributed by atoms with van der Waals surface area (Å²) in [5.41, 5.74) is 6.62. The van der Waals surface area contributed by atoms with Gasteiger partial charge in [-0.05, 0) is 37.0 Å². The van der Waals surface area contributed by atoms with Crippen LogP contribution in [-0.4, -0.2) is 26.1 Å². The minimum atomic E-state index is -0.313. The Labute approximate surface area is 101 Å². The maximum absolute atomic E-state index is 5.88. The van der Waals surface area contributed by atoms with Crippen molar-refractivity contribution in [3.63, 3.8) is 0 Å². The monoisotopic (exact) mass is 238 g/mol. The molecule has 3 nitrogen and oxygen atoms in total. The van der Waals surface area contributed by atoms with Crippen LogP contribution in [0.5, 0.6) is 5.75 Å². The van der Waals surface area contributed by atoms with Crippen LogP contribution < -0.4 is 15.9 Å². The molecule has 2 atom stereocenters. The van der Waals surface area contributed by atoms with Crippen molar-refractivity contribution in [3.8, 4) is 5.75 Å². The number of hydrogen-bond acceptors (Lipinski definition) is 3. The van der Waals surface area contributed by atoms with E-state index in [4.69, 9.17) is 26.8 Å². The fourth-order valence-electron chi connectivity index (χ4n) is 1.51. The Balaban J connectivity index is 1.86. The fraction of sp³-hybridized carbons (Fsp3) is 0.455. The topological polar surface area (TPSA) is 44.5 Å². The zero-order valence-corrected chi connectivity index (χ0v) is 9.91. The molecule has 0 saturated heterocycles. The minimum absolute atomic E-state index is 0.151. The van der Waals surface area contributed by atoms with E-state index in [1.165, 1.54) is 0 Å². The number of nitrogens with two attached hydrogens (primary N) is 1. The lowest BCUT2D eigenvalue weighted by atomic mass is 9.71. The van der Waals surface area contributed by atoms with Gasteiger partial charge in [-0.1, -0.05) is 11.6 Å². The van der Waals surface area contributed by atoms with Gasteiger partial charge in [0, 0.05) is 11.1 Å². The molecule has 0 saturated carbocycles. The number of halogens is 1. The molecular weight excluding hydrogens is 224 g/mol. The highest BCUT2D eigenvalue weighted by molar-refractivity contribution is 6.57. The van der Waals surface area contributed by atoms with Crippen LogP contribution in [0.15, 0.2) is 18.2 Å². The van der Waals surface area contributed by atoms with Crippen LogP contribution in [0.2, 0.25) is 5.02 Å². The molecule has 85 valence electrons. The first kappa shape index (κ1) is 11.8. The van der Waals surface area contributed by atoms with Crippen LogP contribution in [0, 0.1) is 0 Å². The van der Waals surface area contributed by atoms with Gasteiger partial charge in [0.05, 0.1) is 6.61 Å². The van der Waals surface area contributed by atoms with E-state index in [2.05, 4.69) is 0 Å². The van der Waals surface area contributed by atoms with Crippen molar-refractivity contribution in [1.29, 1.82) is 0 Å². The van der Waals surface area contributed by atoms with Gasteiger partial charge in [-0.15, -0.1) is 0 Å². The second-order valence-electron chi connectivity index (χ2n) is 3.97. The van der Waals surface area contributed by atoms with Crippen LogP contribution in [0.1, 0.15) is 13.3 Å². The largest absolute Gasteiger partial charge is 0.474 e. The lowest BCUT2D eigenvalue weighted by Crippen LogP contribution is -2.28. The van der Waals surface area contributed by atoms with Crippen LogP contribution in [-0.2, 0) is 4.74 Å².